The van der Waals surface area contributed by atoms with Crippen LogP contribution >= 0.6 is 0 Å². The van der Waals surface area contributed by atoms with Crippen LogP contribution in [-0.2, 0) is 10.2 Å². The van der Waals surface area contributed by atoms with E-state index in [-0.39, 0.29) is 11.8 Å². The van der Waals surface area contributed by atoms with E-state index in [2.05, 4.69) is 62.1 Å². The molecule has 2 heteroatoms. The zero-order valence-electron chi connectivity index (χ0n) is 12.1. The minimum atomic E-state index is -0.892. The predicted molar refractivity (Wildman–Crippen MR) is 83.1 cm³/mol. The average Bonchev–Trinajstić information content (AvgIpc) is 2.68. The van der Waals surface area contributed by atoms with Gasteiger partial charge < -0.3 is 5.11 Å². The lowest BCUT2D eigenvalue weighted by molar-refractivity contribution is -0.135. The van der Waals surface area contributed by atoms with Crippen LogP contribution in [-0.4, -0.2) is 11.1 Å². The normalized spacial score (nSPS) is 13.8. The Morgan fingerprint density at radius 1 is 1.10 bits per heavy atom. The summed E-state index contributed by atoms with van der Waals surface area (Å²) < 4.78 is 0. The topological polar surface area (TPSA) is 37.3 Å². The lowest BCUT2D eigenvalue weighted by Crippen LogP contribution is -2.14. The van der Waals surface area contributed by atoms with Gasteiger partial charge >= 0.3 is 5.97 Å². The van der Waals surface area contributed by atoms with Crippen molar-refractivity contribution in [1.82, 2.24) is 0 Å². The van der Waals surface area contributed by atoms with Gasteiger partial charge in [-0.25, -0.2) is 0 Å². The van der Waals surface area contributed by atoms with Crippen molar-refractivity contribution in [1.29, 1.82) is 0 Å². The number of benzene rings is 2. The monoisotopic (exact) mass is 276 g/mol. The fourth-order valence-electron chi connectivity index (χ4n) is 3.00. The van der Waals surface area contributed by atoms with Crippen molar-refractivity contribution >= 4 is 5.97 Å². The summed E-state index contributed by atoms with van der Waals surface area (Å²) in [7, 11) is 0. The highest BCUT2D eigenvalue weighted by atomic mass is 16.4. The predicted octanol–water partition coefficient (Wildman–Crippen LogP) is 3.82. The van der Waals surface area contributed by atoms with Gasteiger partial charge in [-0.3, -0.25) is 4.79 Å². The molecule has 1 aliphatic rings. The van der Waals surface area contributed by atoms with Crippen molar-refractivity contribution in [3.63, 3.8) is 0 Å². The van der Waals surface area contributed by atoms with Crippen molar-refractivity contribution in [3.05, 3.63) is 59.2 Å². The Kier molecular flexibility index (Phi) is 3.07. The lowest BCUT2D eigenvalue weighted by Gasteiger charge is -2.21. The molecule has 0 heterocycles. The first-order valence-electron chi connectivity index (χ1n) is 6.95. The van der Waals surface area contributed by atoms with Crippen LogP contribution in [0.2, 0.25) is 0 Å². The summed E-state index contributed by atoms with van der Waals surface area (Å²) in [6.45, 7) is 4.43. The van der Waals surface area contributed by atoms with Crippen molar-refractivity contribution in [2.75, 3.05) is 0 Å². The zero-order chi connectivity index (χ0) is 15.0. The molecule has 0 amide bonds. The Hall–Kier alpha value is -2.53. The van der Waals surface area contributed by atoms with E-state index in [0.717, 1.165) is 5.56 Å². The smallest absolute Gasteiger partial charge is 0.315 e. The summed E-state index contributed by atoms with van der Waals surface area (Å²) in [5.74, 6) is 4.74. The summed E-state index contributed by atoms with van der Waals surface area (Å²) in [5, 5.41) is 8.65. The molecule has 0 radical (unpaired) electrons. The van der Waals surface area contributed by atoms with Gasteiger partial charge in [0.25, 0.3) is 0 Å². The number of carboxylic acid groups (broad SMARTS) is 1. The van der Waals surface area contributed by atoms with Gasteiger partial charge in [0.1, 0.15) is 6.42 Å². The molecule has 0 saturated heterocycles. The SMILES string of the molecule is CC1(C)c2ccccc2-c2ccc(C#CCC(=O)O)cc21. The van der Waals surface area contributed by atoms with Gasteiger partial charge in [0.05, 0.1) is 0 Å². The fraction of sp³-hybridized carbons (Fsp3) is 0.211. The van der Waals surface area contributed by atoms with E-state index >= 15 is 0 Å². The van der Waals surface area contributed by atoms with Gasteiger partial charge in [0.15, 0.2) is 0 Å². The number of hydrogen-bond donors (Lipinski definition) is 1. The number of carbonyl (C=O) groups is 1. The highest BCUT2D eigenvalue weighted by Crippen LogP contribution is 2.48. The van der Waals surface area contributed by atoms with Crippen LogP contribution in [0, 0.1) is 11.8 Å². The molecule has 0 aromatic heterocycles. The largest absolute Gasteiger partial charge is 0.481 e. The molecule has 104 valence electrons. The Balaban J connectivity index is 2.07. The Labute approximate surface area is 124 Å². The Bertz CT molecular complexity index is 789. The first-order valence-corrected chi connectivity index (χ1v) is 6.95. The van der Waals surface area contributed by atoms with Crippen LogP contribution in [0.3, 0.4) is 0 Å². The summed E-state index contributed by atoms with van der Waals surface area (Å²) in [4.78, 5) is 10.5. The van der Waals surface area contributed by atoms with E-state index in [4.69, 9.17) is 5.11 Å². The lowest BCUT2D eigenvalue weighted by atomic mass is 9.82. The van der Waals surface area contributed by atoms with Gasteiger partial charge in [-0.1, -0.05) is 56.0 Å². The highest BCUT2D eigenvalue weighted by Gasteiger charge is 2.34. The molecule has 1 N–H and O–H groups in total. The third kappa shape index (κ3) is 2.21. The Morgan fingerprint density at radius 3 is 2.57 bits per heavy atom. The minimum absolute atomic E-state index is 0.0452. The second kappa shape index (κ2) is 4.79. The van der Waals surface area contributed by atoms with E-state index < -0.39 is 5.97 Å². The zero-order valence-corrected chi connectivity index (χ0v) is 12.1. The number of fused-ring (bicyclic) bond motifs is 3. The van der Waals surface area contributed by atoms with E-state index in [1.807, 2.05) is 6.07 Å². The van der Waals surface area contributed by atoms with Crippen LogP contribution < -0.4 is 0 Å². The van der Waals surface area contributed by atoms with E-state index in [9.17, 15) is 4.79 Å². The van der Waals surface area contributed by atoms with Crippen molar-refractivity contribution in [2.24, 2.45) is 0 Å². The van der Waals surface area contributed by atoms with Gasteiger partial charge in [-0.15, -0.1) is 0 Å². The molecule has 0 spiro atoms. The molecule has 21 heavy (non-hydrogen) atoms. The molecule has 0 aliphatic heterocycles. The fourth-order valence-corrected chi connectivity index (χ4v) is 3.00. The first kappa shape index (κ1) is 13.5. The molecule has 0 saturated carbocycles. The minimum Gasteiger partial charge on any atom is -0.481 e. The number of carboxylic acids is 1. The summed E-state index contributed by atoms with van der Waals surface area (Å²) in [6.07, 6.45) is -0.124. The van der Waals surface area contributed by atoms with Crippen molar-refractivity contribution in [3.8, 4) is 23.0 Å². The number of aliphatic carboxylic acids is 1. The van der Waals surface area contributed by atoms with Gasteiger partial charge in [-0.2, -0.15) is 0 Å². The van der Waals surface area contributed by atoms with E-state index in [0.29, 0.717) is 0 Å². The molecule has 2 aromatic rings. The molecule has 0 atom stereocenters. The summed E-state index contributed by atoms with van der Waals surface area (Å²) >= 11 is 0. The molecule has 0 bridgehead atoms. The van der Waals surface area contributed by atoms with E-state index in [1.165, 1.54) is 22.3 Å². The molecular formula is C19H16O2. The molecule has 0 fully saturated rings. The maximum absolute atomic E-state index is 10.5. The van der Waals surface area contributed by atoms with Crippen LogP contribution in [0.25, 0.3) is 11.1 Å². The molecule has 2 nitrogen and oxygen atoms in total. The standard InChI is InChI=1S/C19H16O2/c1-19(2)16-8-4-3-7-14(16)15-11-10-13(12-17(15)19)6-5-9-18(20)21/h3-4,7-8,10-12H,9H2,1-2H3,(H,20,21). The molecule has 3 rings (SSSR count). The molecule has 2 aromatic carbocycles. The highest BCUT2D eigenvalue weighted by molar-refractivity contribution is 5.81. The van der Waals surface area contributed by atoms with Gasteiger partial charge in [-0.05, 0) is 34.4 Å². The quantitative estimate of drug-likeness (QED) is 0.804. The van der Waals surface area contributed by atoms with Crippen LogP contribution in [0.1, 0.15) is 37.0 Å². The maximum atomic E-state index is 10.5. The average molecular weight is 276 g/mol. The van der Waals surface area contributed by atoms with Crippen LogP contribution in [0.15, 0.2) is 42.5 Å². The maximum Gasteiger partial charge on any atom is 0.315 e. The van der Waals surface area contributed by atoms with Crippen molar-refractivity contribution in [2.45, 2.75) is 25.7 Å². The van der Waals surface area contributed by atoms with E-state index in [1.54, 1.807) is 0 Å². The van der Waals surface area contributed by atoms with Gasteiger partial charge in [0.2, 0.25) is 0 Å². The van der Waals surface area contributed by atoms with Crippen molar-refractivity contribution < 1.29 is 9.90 Å². The molecular weight excluding hydrogens is 260 g/mol. The second-order valence-corrected chi connectivity index (χ2v) is 5.80. The first-order chi connectivity index (χ1) is 10.00. The third-order valence-electron chi connectivity index (χ3n) is 4.06. The molecule has 1 aliphatic carbocycles. The molecule has 0 unspecified atom stereocenters. The summed E-state index contributed by atoms with van der Waals surface area (Å²) in [6, 6.07) is 14.6. The van der Waals surface area contributed by atoms with Crippen LogP contribution in [0.5, 0.6) is 0 Å². The van der Waals surface area contributed by atoms with Gasteiger partial charge in [0, 0.05) is 11.0 Å². The number of rotatable bonds is 1. The second-order valence-electron chi connectivity index (χ2n) is 5.80. The number of hydrogen-bond acceptors (Lipinski definition) is 1. The third-order valence-corrected chi connectivity index (χ3v) is 4.06. The Morgan fingerprint density at radius 2 is 1.81 bits per heavy atom. The van der Waals surface area contributed by atoms with Crippen LogP contribution in [0.4, 0.5) is 0 Å². The summed E-state index contributed by atoms with van der Waals surface area (Å²) in [5.41, 5.74) is 5.94.